The van der Waals surface area contributed by atoms with Gasteiger partial charge in [0.25, 0.3) is 0 Å². The van der Waals surface area contributed by atoms with E-state index in [1.807, 2.05) is 32.9 Å². The zero-order chi connectivity index (χ0) is 12.2. The molecule has 16 heavy (non-hydrogen) atoms. The van der Waals surface area contributed by atoms with Gasteiger partial charge in [-0.05, 0) is 19.1 Å². The Bertz CT molecular complexity index is 372. The molecule has 0 aliphatic carbocycles. The van der Waals surface area contributed by atoms with Crippen molar-refractivity contribution in [2.75, 3.05) is 12.5 Å². The van der Waals surface area contributed by atoms with Crippen LogP contribution >= 0.6 is 11.6 Å². The average molecular weight is 241 g/mol. The Morgan fingerprint density at radius 3 is 2.69 bits per heavy atom. The molecule has 0 aliphatic rings. The molecule has 0 heterocycles. The fourth-order valence-corrected chi connectivity index (χ4v) is 1.47. The summed E-state index contributed by atoms with van der Waals surface area (Å²) in [6.07, 6.45) is 0. The first-order valence-corrected chi connectivity index (χ1v) is 5.88. The van der Waals surface area contributed by atoms with Crippen LogP contribution < -0.4 is 4.74 Å². The van der Waals surface area contributed by atoms with Gasteiger partial charge in [0.1, 0.15) is 5.75 Å². The van der Waals surface area contributed by atoms with Crippen LogP contribution in [0.5, 0.6) is 5.75 Å². The van der Waals surface area contributed by atoms with Crippen molar-refractivity contribution >= 4 is 17.4 Å². The van der Waals surface area contributed by atoms with E-state index in [2.05, 4.69) is 0 Å². The van der Waals surface area contributed by atoms with Gasteiger partial charge in [0.05, 0.1) is 6.61 Å². The molecule has 0 radical (unpaired) electrons. The second-order valence-electron chi connectivity index (χ2n) is 4.31. The van der Waals surface area contributed by atoms with Gasteiger partial charge in [-0.25, -0.2) is 0 Å². The van der Waals surface area contributed by atoms with Crippen LogP contribution in [-0.4, -0.2) is 18.3 Å². The number of alkyl halides is 1. The predicted octanol–water partition coefficient (Wildman–Crippen LogP) is 3.53. The lowest BCUT2D eigenvalue weighted by Gasteiger charge is -2.19. The Morgan fingerprint density at radius 1 is 1.44 bits per heavy atom. The molecular formula is C13H17ClO2. The van der Waals surface area contributed by atoms with E-state index in [9.17, 15) is 4.79 Å². The van der Waals surface area contributed by atoms with Gasteiger partial charge in [-0.1, -0.05) is 26.0 Å². The van der Waals surface area contributed by atoms with Crippen molar-refractivity contribution in [2.45, 2.75) is 20.8 Å². The molecule has 0 aliphatic heterocycles. The fourth-order valence-electron chi connectivity index (χ4n) is 1.35. The normalized spacial score (nSPS) is 11.2. The molecule has 0 saturated heterocycles. The van der Waals surface area contributed by atoms with Crippen molar-refractivity contribution in [3.8, 4) is 5.75 Å². The maximum atomic E-state index is 12.1. The van der Waals surface area contributed by atoms with E-state index in [4.69, 9.17) is 16.3 Å². The molecule has 0 fully saturated rings. The van der Waals surface area contributed by atoms with Gasteiger partial charge in [0.15, 0.2) is 5.78 Å². The molecule has 0 N–H and O–H groups in total. The number of Topliss-reactive ketones (excluding diaryl/α,β-unsaturated/α-hetero) is 1. The molecule has 1 aromatic rings. The third-order valence-corrected chi connectivity index (χ3v) is 3.02. The maximum Gasteiger partial charge on any atom is 0.169 e. The topological polar surface area (TPSA) is 26.3 Å². The van der Waals surface area contributed by atoms with E-state index in [0.29, 0.717) is 18.1 Å². The number of hydrogen-bond acceptors (Lipinski definition) is 2. The summed E-state index contributed by atoms with van der Waals surface area (Å²) in [5.41, 5.74) is 0.114. The summed E-state index contributed by atoms with van der Waals surface area (Å²) in [6.45, 7) is 6.19. The maximum absolute atomic E-state index is 12.1. The Morgan fingerprint density at radius 2 is 2.12 bits per heavy atom. The molecule has 0 saturated carbocycles. The summed E-state index contributed by atoms with van der Waals surface area (Å²) in [7, 11) is 0. The van der Waals surface area contributed by atoms with E-state index in [1.165, 1.54) is 0 Å². The standard InChI is InChI=1S/C13H17ClO2/c1-4-16-11-7-5-6-10(8-11)12(15)13(2,3)9-14/h5-8H,4,9H2,1-3H3. The summed E-state index contributed by atoms with van der Waals surface area (Å²) < 4.78 is 5.36. The molecular weight excluding hydrogens is 224 g/mol. The van der Waals surface area contributed by atoms with Crippen LogP contribution in [0.15, 0.2) is 24.3 Å². The summed E-state index contributed by atoms with van der Waals surface area (Å²) >= 11 is 5.79. The van der Waals surface area contributed by atoms with Gasteiger partial charge < -0.3 is 4.74 Å². The van der Waals surface area contributed by atoms with Gasteiger partial charge in [0.2, 0.25) is 0 Å². The zero-order valence-electron chi connectivity index (χ0n) is 9.92. The van der Waals surface area contributed by atoms with Crippen molar-refractivity contribution in [3.05, 3.63) is 29.8 Å². The first kappa shape index (κ1) is 13.0. The summed E-state index contributed by atoms with van der Waals surface area (Å²) in [6, 6.07) is 7.22. The largest absolute Gasteiger partial charge is 0.494 e. The molecule has 3 heteroatoms. The number of hydrogen-bond donors (Lipinski definition) is 0. The Labute approximate surface area is 102 Å². The molecule has 1 rings (SSSR count). The van der Waals surface area contributed by atoms with E-state index < -0.39 is 5.41 Å². The molecule has 1 aromatic carbocycles. The van der Waals surface area contributed by atoms with E-state index in [1.54, 1.807) is 12.1 Å². The van der Waals surface area contributed by atoms with Gasteiger partial charge in [0, 0.05) is 16.9 Å². The zero-order valence-corrected chi connectivity index (χ0v) is 10.7. The minimum Gasteiger partial charge on any atom is -0.494 e. The van der Waals surface area contributed by atoms with Crippen molar-refractivity contribution in [1.82, 2.24) is 0 Å². The van der Waals surface area contributed by atoms with Crippen LogP contribution in [0.1, 0.15) is 31.1 Å². The third-order valence-electron chi connectivity index (χ3n) is 2.36. The minimum atomic E-state index is -0.535. The van der Waals surface area contributed by atoms with Crippen LogP contribution in [0.25, 0.3) is 0 Å². The van der Waals surface area contributed by atoms with Gasteiger partial charge in [-0.3, -0.25) is 4.79 Å². The SMILES string of the molecule is CCOc1cccc(C(=O)C(C)(C)CCl)c1. The number of ketones is 1. The van der Waals surface area contributed by atoms with Crippen LogP contribution in [0.2, 0.25) is 0 Å². The number of halogens is 1. The molecule has 0 bridgehead atoms. The smallest absolute Gasteiger partial charge is 0.169 e. The lowest BCUT2D eigenvalue weighted by atomic mass is 9.86. The lowest BCUT2D eigenvalue weighted by molar-refractivity contribution is 0.0861. The second-order valence-corrected chi connectivity index (χ2v) is 4.57. The highest BCUT2D eigenvalue weighted by atomic mass is 35.5. The summed E-state index contributed by atoms with van der Waals surface area (Å²) in [4.78, 5) is 12.1. The predicted molar refractivity (Wildman–Crippen MR) is 66.4 cm³/mol. The summed E-state index contributed by atoms with van der Waals surface area (Å²) in [5, 5.41) is 0. The quantitative estimate of drug-likeness (QED) is 0.581. The molecule has 0 amide bonds. The monoisotopic (exact) mass is 240 g/mol. The van der Waals surface area contributed by atoms with Gasteiger partial charge in [-0.15, -0.1) is 11.6 Å². The van der Waals surface area contributed by atoms with Crippen molar-refractivity contribution in [2.24, 2.45) is 5.41 Å². The van der Waals surface area contributed by atoms with Crippen molar-refractivity contribution in [1.29, 1.82) is 0 Å². The fraction of sp³-hybridized carbons (Fsp3) is 0.462. The molecule has 0 aromatic heterocycles. The van der Waals surface area contributed by atoms with Crippen molar-refractivity contribution in [3.63, 3.8) is 0 Å². The van der Waals surface area contributed by atoms with Crippen LogP contribution in [-0.2, 0) is 0 Å². The Hall–Kier alpha value is -1.02. The number of ether oxygens (including phenoxy) is 1. The molecule has 0 unspecified atom stereocenters. The highest BCUT2D eigenvalue weighted by Gasteiger charge is 2.27. The number of carbonyl (C=O) groups is 1. The van der Waals surface area contributed by atoms with Gasteiger partial charge in [-0.2, -0.15) is 0 Å². The van der Waals surface area contributed by atoms with E-state index in [0.717, 1.165) is 5.75 Å². The number of carbonyl (C=O) groups excluding carboxylic acids is 1. The highest BCUT2D eigenvalue weighted by molar-refractivity contribution is 6.21. The number of benzene rings is 1. The van der Waals surface area contributed by atoms with Crippen LogP contribution in [0.3, 0.4) is 0 Å². The average Bonchev–Trinajstić information content (AvgIpc) is 2.29. The number of rotatable bonds is 5. The minimum absolute atomic E-state index is 0.0454. The van der Waals surface area contributed by atoms with E-state index in [-0.39, 0.29) is 5.78 Å². The second kappa shape index (κ2) is 5.35. The molecule has 2 nitrogen and oxygen atoms in total. The third kappa shape index (κ3) is 2.99. The Kier molecular flexibility index (Phi) is 4.36. The van der Waals surface area contributed by atoms with Crippen molar-refractivity contribution < 1.29 is 9.53 Å². The first-order valence-electron chi connectivity index (χ1n) is 5.35. The first-order chi connectivity index (χ1) is 7.51. The van der Waals surface area contributed by atoms with Crippen LogP contribution in [0.4, 0.5) is 0 Å². The molecule has 0 spiro atoms. The van der Waals surface area contributed by atoms with Crippen LogP contribution in [0, 0.1) is 5.41 Å². The van der Waals surface area contributed by atoms with E-state index >= 15 is 0 Å². The highest BCUT2D eigenvalue weighted by Crippen LogP contribution is 2.25. The Balaban J connectivity index is 2.96. The van der Waals surface area contributed by atoms with Gasteiger partial charge >= 0.3 is 0 Å². The molecule has 88 valence electrons. The lowest BCUT2D eigenvalue weighted by Crippen LogP contribution is -2.26. The molecule has 0 atom stereocenters. The summed E-state index contributed by atoms with van der Waals surface area (Å²) in [5.74, 6) is 1.08.